The van der Waals surface area contributed by atoms with Gasteiger partial charge in [-0.15, -0.1) is 0 Å². The van der Waals surface area contributed by atoms with Gasteiger partial charge in [0.05, 0.1) is 0 Å². The van der Waals surface area contributed by atoms with Crippen molar-refractivity contribution in [1.82, 2.24) is 4.57 Å². The van der Waals surface area contributed by atoms with E-state index in [2.05, 4.69) is 0 Å². The minimum atomic E-state index is -0.297. The summed E-state index contributed by atoms with van der Waals surface area (Å²) in [4.78, 5) is 11.9. The Kier molecular flexibility index (Phi) is 3.28. The summed E-state index contributed by atoms with van der Waals surface area (Å²) < 4.78 is 7.15. The van der Waals surface area contributed by atoms with Gasteiger partial charge in [0.2, 0.25) is 0 Å². The van der Waals surface area contributed by atoms with Crippen molar-refractivity contribution >= 4 is 5.97 Å². The van der Waals surface area contributed by atoms with Gasteiger partial charge in [0.15, 0.2) is 0 Å². The van der Waals surface area contributed by atoms with Crippen LogP contribution in [0.2, 0.25) is 0 Å². The molecule has 1 atom stereocenters. The molecule has 1 aromatic carbocycles. The summed E-state index contributed by atoms with van der Waals surface area (Å²) in [5, 5.41) is 0. The monoisotopic (exact) mass is 229 g/mol. The quantitative estimate of drug-likeness (QED) is 0.758. The third kappa shape index (κ3) is 2.56. The molecule has 0 amide bonds. The molecule has 0 N–H and O–H groups in total. The standard InChI is InChI=1S/C14H15NO2/c1-11(12-7-4-3-5-8-12)17-14(16)13-9-6-10-15(13)2/h3-11H,1-2H3/t11-/m1/s1. The molecule has 0 aliphatic rings. The molecule has 88 valence electrons. The molecule has 0 saturated heterocycles. The SMILES string of the molecule is C[C@@H](OC(=O)c1cccn1C)c1ccccc1. The van der Waals surface area contributed by atoms with Crippen LogP contribution < -0.4 is 0 Å². The smallest absolute Gasteiger partial charge is 0.355 e. The van der Waals surface area contributed by atoms with Crippen LogP contribution in [0.3, 0.4) is 0 Å². The molecule has 2 aromatic rings. The van der Waals surface area contributed by atoms with Crippen molar-refractivity contribution in [2.24, 2.45) is 7.05 Å². The second-order valence-corrected chi connectivity index (χ2v) is 3.96. The molecule has 1 aromatic heterocycles. The fourth-order valence-electron chi connectivity index (χ4n) is 1.69. The lowest BCUT2D eigenvalue weighted by Crippen LogP contribution is -2.12. The van der Waals surface area contributed by atoms with Crippen molar-refractivity contribution < 1.29 is 9.53 Å². The van der Waals surface area contributed by atoms with Crippen LogP contribution in [0, 0.1) is 0 Å². The lowest BCUT2D eigenvalue weighted by molar-refractivity contribution is 0.0326. The van der Waals surface area contributed by atoms with Crippen molar-refractivity contribution in [3.05, 3.63) is 59.9 Å². The molecule has 0 aliphatic heterocycles. The molecule has 1 heterocycles. The summed E-state index contributed by atoms with van der Waals surface area (Å²) >= 11 is 0. The van der Waals surface area contributed by atoms with E-state index >= 15 is 0 Å². The van der Waals surface area contributed by atoms with E-state index in [0.29, 0.717) is 5.69 Å². The van der Waals surface area contributed by atoms with Crippen LogP contribution in [-0.2, 0) is 11.8 Å². The van der Waals surface area contributed by atoms with Gasteiger partial charge in [0.1, 0.15) is 11.8 Å². The van der Waals surface area contributed by atoms with Gasteiger partial charge in [0, 0.05) is 13.2 Å². The van der Waals surface area contributed by atoms with Crippen LogP contribution in [0.4, 0.5) is 0 Å². The first-order valence-electron chi connectivity index (χ1n) is 5.56. The first kappa shape index (κ1) is 11.5. The van der Waals surface area contributed by atoms with Gasteiger partial charge in [-0.25, -0.2) is 4.79 Å². The average Bonchev–Trinajstić information content (AvgIpc) is 2.76. The maximum absolute atomic E-state index is 11.9. The lowest BCUT2D eigenvalue weighted by Gasteiger charge is -2.13. The second kappa shape index (κ2) is 4.87. The average molecular weight is 229 g/mol. The normalized spacial score (nSPS) is 12.1. The Morgan fingerprint density at radius 1 is 1.18 bits per heavy atom. The molecule has 0 bridgehead atoms. The molecule has 2 rings (SSSR count). The summed E-state index contributed by atoms with van der Waals surface area (Å²) in [6, 6.07) is 13.3. The number of carbonyl (C=O) groups excluding carboxylic acids is 1. The van der Waals surface area contributed by atoms with Gasteiger partial charge >= 0.3 is 5.97 Å². The van der Waals surface area contributed by atoms with Crippen LogP contribution in [0.15, 0.2) is 48.7 Å². The molecule has 3 heteroatoms. The zero-order valence-electron chi connectivity index (χ0n) is 9.96. The highest BCUT2D eigenvalue weighted by Crippen LogP contribution is 2.17. The highest BCUT2D eigenvalue weighted by Gasteiger charge is 2.15. The Labute approximate surface area is 101 Å². The largest absolute Gasteiger partial charge is 0.453 e. The van der Waals surface area contributed by atoms with Crippen molar-refractivity contribution in [2.45, 2.75) is 13.0 Å². The van der Waals surface area contributed by atoms with E-state index in [1.54, 1.807) is 10.6 Å². The van der Waals surface area contributed by atoms with Gasteiger partial charge in [-0.3, -0.25) is 0 Å². The predicted molar refractivity (Wildman–Crippen MR) is 65.7 cm³/mol. The maximum Gasteiger partial charge on any atom is 0.355 e. The summed E-state index contributed by atoms with van der Waals surface area (Å²) in [5.74, 6) is -0.297. The summed E-state index contributed by atoms with van der Waals surface area (Å²) in [7, 11) is 1.82. The van der Waals surface area contributed by atoms with Crippen LogP contribution in [0.25, 0.3) is 0 Å². The minimum absolute atomic E-state index is 0.237. The van der Waals surface area contributed by atoms with E-state index < -0.39 is 0 Å². The van der Waals surface area contributed by atoms with E-state index in [1.165, 1.54) is 0 Å². The Morgan fingerprint density at radius 2 is 1.88 bits per heavy atom. The Balaban J connectivity index is 2.08. The van der Waals surface area contributed by atoms with Crippen molar-refractivity contribution in [2.75, 3.05) is 0 Å². The zero-order valence-corrected chi connectivity index (χ0v) is 9.96. The van der Waals surface area contributed by atoms with Gasteiger partial charge in [-0.1, -0.05) is 30.3 Å². The lowest BCUT2D eigenvalue weighted by atomic mass is 10.1. The fraction of sp³-hybridized carbons (Fsp3) is 0.214. The number of hydrogen-bond acceptors (Lipinski definition) is 2. The first-order valence-corrected chi connectivity index (χ1v) is 5.56. The van der Waals surface area contributed by atoms with Crippen molar-refractivity contribution in [3.63, 3.8) is 0 Å². The molecule has 0 radical (unpaired) electrons. The van der Waals surface area contributed by atoms with Gasteiger partial charge in [0.25, 0.3) is 0 Å². The Hall–Kier alpha value is -2.03. The summed E-state index contributed by atoms with van der Waals surface area (Å²) in [6.07, 6.45) is 1.59. The van der Waals surface area contributed by atoms with Gasteiger partial charge in [-0.2, -0.15) is 0 Å². The number of esters is 1. The Bertz CT molecular complexity index is 502. The third-order valence-electron chi connectivity index (χ3n) is 2.71. The highest BCUT2D eigenvalue weighted by molar-refractivity contribution is 5.87. The topological polar surface area (TPSA) is 31.2 Å². The second-order valence-electron chi connectivity index (χ2n) is 3.96. The maximum atomic E-state index is 11.9. The molecule has 0 spiro atoms. The molecule has 0 fully saturated rings. The minimum Gasteiger partial charge on any atom is -0.453 e. The third-order valence-corrected chi connectivity index (χ3v) is 2.71. The highest BCUT2D eigenvalue weighted by atomic mass is 16.5. The molecule has 0 saturated carbocycles. The van der Waals surface area contributed by atoms with E-state index in [4.69, 9.17) is 4.74 Å². The molecule has 0 aliphatic carbocycles. The molecule has 3 nitrogen and oxygen atoms in total. The number of rotatable bonds is 3. The molecular formula is C14H15NO2. The number of nitrogens with zero attached hydrogens (tertiary/aromatic N) is 1. The molecule has 17 heavy (non-hydrogen) atoms. The van der Waals surface area contributed by atoms with Gasteiger partial charge < -0.3 is 9.30 Å². The predicted octanol–water partition coefficient (Wildman–Crippen LogP) is 2.94. The summed E-state index contributed by atoms with van der Waals surface area (Å²) in [6.45, 7) is 1.87. The number of benzene rings is 1. The number of aryl methyl sites for hydroxylation is 1. The van der Waals surface area contributed by atoms with Crippen LogP contribution in [0.1, 0.15) is 29.1 Å². The number of hydrogen-bond donors (Lipinski definition) is 0. The number of ether oxygens (including phenoxy) is 1. The van der Waals surface area contributed by atoms with Gasteiger partial charge in [-0.05, 0) is 24.6 Å². The van der Waals surface area contributed by atoms with Crippen LogP contribution in [-0.4, -0.2) is 10.5 Å². The Morgan fingerprint density at radius 3 is 2.47 bits per heavy atom. The fourth-order valence-corrected chi connectivity index (χ4v) is 1.69. The molecular weight excluding hydrogens is 214 g/mol. The van der Waals surface area contributed by atoms with E-state index in [1.807, 2.05) is 56.6 Å². The van der Waals surface area contributed by atoms with Crippen LogP contribution >= 0.6 is 0 Å². The van der Waals surface area contributed by atoms with E-state index in [9.17, 15) is 4.79 Å². The summed E-state index contributed by atoms with van der Waals surface area (Å²) in [5.41, 5.74) is 1.56. The van der Waals surface area contributed by atoms with E-state index in [-0.39, 0.29) is 12.1 Å². The first-order chi connectivity index (χ1) is 8.18. The molecule has 0 unspecified atom stereocenters. The van der Waals surface area contributed by atoms with Crippen molar-refractivity contribution in [1.29, 1.82) is 0 Å². The van der Waals surface area contributed by atoms with E-state index in [0.717, 1.165) is 5.56 Å². The van der Waals surface area contributed by atoms with Crippen LogP contribution in [0.5, 0.6) is 0 Å². The van der Waals surface area contributed by atoms with Crippen molar-refractivity contribution in [3.8, 4) is 0 Å². The number of carbonyl (C=O) groups is 1. The number of aromatic nitrogens is 1. The zero-order chi connectivity index (χ0) is 12.3.